The molecule has 1 saturated carbocycles. The summed E-state index contributed by atoms with van der Waals surface area (Å²) in [4.78, 5) is 50.3. The summed E-state index contributed by atoms with van der Waals surface area (Å²) >= 11 is 0. The number of aromatic nitrogens is 2. The van der Waals surface area contributed by atoms with E-state index in [1.807, 2.05) is 30.3 Å². The van der Waals surface area contributed by atoms with E-state index >= 15 is 0 Å². The Morgan fingerprint density at radius 2 is 1.77 bits per heavy atom. The van der Waals surface area contributed by atoms with Gasteiger partial charge in [-0.15, -0.1) is 0 Å². The largest absolute Gasteiger partial charge is 0.457 e. The van der Waals surface area contributed by atoms with E-state index in [0.29, 0.717) is 5.92 Å². The maximum absolute atomic E-state index is 12.7. The summed E-state index contributed by atoms with van der Waals surface area (Å²) in [6.45, 7) is 1.28. The topological polar surface area (TPSA) is 113 Å². The Bertz CT molecular complexity index is 1050. The van der Waals surface area contributed by atoms with Crippen molar-refractivity contribution in [2.24, 2.45) is 5.92 Å². The van der Waals surface area contributed by atoms with Crippen molar-refractivity contribution in [1.29, 1.82) is 0 Å². The standard InChI is InChI=1S/C23H29N3O5/c1-2-25-22(29)20(18(27)15-31-19(28)13-12-16-8-6-7-9-16)21(24)26(23(25)30)14-17-10-4-3-5-11-17/h3-5,10-11,16H,2,6-9,12-15,24H2,1H3. The van der Waals surface area contributed by atoms with Gasteiger partial charge in [-0.25, -0.2) is 4.79 Å². The van der Waals surface area contributed by atoms with Crippen molar-refractivity contribution in [2.75, 3.05) is 12.3 Å². The molecule has 2 N–H and O–H groups in total. The molecule has 1 aromatic heterocycles. The summed E-state index contributed by atoms with van der Waals surface area (Å²) in [5.74, 6) is -0.847. The van der Waals surface area contributed by atoms with Gasteiger partial charge in [-0.05, 0) is 24.8 Å². The molecule has 0 atom stereocenters. The van der Waals surface area contributed by atoms with Crippen LogP contribution in [0.4, 0.5) is 5.82 Å². The highest BCUT2D eigenvalue weighted by Crippen LogP contribution is 2.28. The van der Waals surface area contributed by atoms with E-state index in [0.717, 1.165) is 29.4 Å². The molecule has 1 aromatic carbocycles. The third-order valence-electron chi connectivity index (χ3n) is 5.84. The van der Waals surface area contributed by atoms with E-state index in [1.165, 1.54) is 17.4 Å². The second-order valence-corrected chi connectivity index (χ2v) is 7.94. The highest BCUT2D eigenvalue weighted by molar-refractivity contribution is 6.01. The van der Waals surface area contributed by atoms with Crippen molar-refractivity contribution in [3.63, 3.8) is 0 Å². The first kappa shape index (κ1) is 22.5. The fourth-order valence-electron chi connectivity index (χ4n) is 4.09. The summed E-state index contributed by atoms with van der Waals surface area (Å²) in [5.41, 5.74) is 5.23. The number of carbonyl (C=O) groups is 2. The van der Waals surface area contributed by atoms with Gasteiger partial charge in [0.25, 0.3) is 5.56 Å². The van der Waals surface area contributed by atoms with E-state index in [1.54, 1.807) is 6.92 Å². The van der Waals surface area contributed by atoms with Gasteiger partial charge in [0.15, 0.2) is 6.61 Å². The molecule has 1 fully saturated rings. The van der Waals surface area contributed by atoms with Crippen LogP contribution >= 0.6 is 0 Å². The van der Waals surface area contributed by atoms with E-state index < -0.39 is 29.6 Å². The summed E-state index contributed by atoms with van der Waals surface area (Å²) in [7, 11) is 0. The molecule has 0 amide bonds. The fraction of sp³-hybridized carbons (Fsp3) is 0.478. The molecule has 8 nitrogen and oxygen atoms in total. The zero-order valence-corrected chi connectivity index (χ0v) is 17.8. The van der Waals surface area contributed by atoms with Gasteiger partial charge < -0.3 is 10.5 Å². The monoisotopic (exact) mass is 427 g/mol. The number of anilines is 1. The van der Waals surface area contributed by atoms with E-state index in [2.05, 4.69) is 0 Å². The minimum atomic E-state index is -0.763. The number of carbonyl (C=O) groups excluding carboxylic acids is 2. The average Bonchev–Trinajstić information content (AvgIpc) is 3.28. The number of hydrogen-bond donors (Lipinski definition) is 1. The molecule has 0 saturated heterocycles. The normalized spacial score (nSPS) is 14.0. The molecule has 1 aliphatic carbocycles. The molecule has 0 spiro atoms. The Balaban J connectivity index is 1.78. The molecule has 1 heterocycles. The predicted octanol–water partition coefficient (Wildman–Crippen LogP) is 2.36. The van der Waals surface area contributed by atoms with Gasteiger partial charge in [0.2, 0.25) is 5.78 Å². The molecule has 0 unspecified atom stereocenters. The van der Waals surface area contributed by atoms with Crippen molar-refractivity contribution in [2.45, 2.75) is 58.5 Å². The third kappa shape index (κ3) is 5.31. The summed E-state index contributed by atoms with van der Waals surface area (Å²) in [6, 6.07) is 9.13. The maximum Gasteiger partial charge on any atom is 0.332 e. The zero-order valence-electron chi connectivity index (χ0n) is 17.8. The number of Topliss-reactive ketones (excluding diaryl/α,β-unsaturated/α-hetero) is 1. The van der Waals surface area contributed by atoms with Crippen molar-refractivity contribution < 1.29 is 14.3 Å². The first-order valence-corrected chi connectivity index (χ1v) is 10.8. The van der Waals surface area contributed by atoms with Gasteiger partial charge in [0.1, 0.15) is 11.4 Å². The summed E-state index contributed by atoms with van der Waals surface area (Å²) < 4.78 is 7.28. The number of esters is 1. The molecule has 8 heteroatoms. The van der Waals surface area contributed by atoms with Gasteiger partial charge in [0, 0.05) is 13.0 Å². The lowest BCUT2D eigenvalue weighted by atomic mass is 10.0. The highest BCUT2D eigenvalue weighted by atomic mass is 16.5. The lowest BCUT2D eigenvalue weighted by Gasteiger charge is -2.16. The molecule has 0 bridgehead atoms. The molecular weight excluding hydrogens is 398 g/mol. The second-order valence-electron chi connectivity index (χ2n) is 7.94. The SMILES string of the molecule is CCn1c(=O)c(C(=O)COC(=O)CCC2CCCC2)c(N)n(Cc2ccccc2)c1=O. The summed E-state index contributed by atoms with van der Waals surface area (Å²) in [6.07, 6.45) is 5.64. The van der Waals surface area contributed by atoms with E-state index in [-0.39, 0.29) is 30.9 Å². The van der Waals surface area contributed by atoms with Crippen LogP contribution in [0.25, 0.3) is 0 Å². The average molecular weight is 428 g/mol. The Kier molecular flexibility index (Phi) is 7.44. The zero-order chi connectivity index (χ0) is 22.4. The Morgan fingerprint density at radius 3 is 2.42 bits per heavy atom. The van der Waals surface area contributed by atoms with E-state index in [4.69, 9.17) is 10.5 Å². The van der Waals surface area contributed by atoms with Gasteiger partial charge in [-0.3, -0.25) is 23.5 Å². The van der Waals surface area contributed by atoms with Crippen LogP contribution in [0.5, 0.6) is 0 Å². The first-order chi connectivity index (χ1) is 14.9. The van der Waals surface area contributed by atoms with Gasteiger partial charge in [-0.1, -0.05) is 56.0 Å². The molecule has 166 valence electrons. The smallest absolute Gasteiger partial charge is 0.332 e. The molecule has 2 aromatic rings. The Hall–Kier alpha value is -3.16. The van der Waals surface area contributed by atoms with Crippen LogP contribution in [0, 0.1) is 5.92 Å². The van der Waals surface area contributed by atoms with Crippen LogP contribution in [0.15, 0.2) is 39.9 Å². The van der Waals surface area contributed by atoms with Crippen LogP contribution in [-0.2, 0) is 22.6 Å². The fourth-order valence-corrected chi connectivity index (χ4v) is 4.09. The van der Waals surface area contributed by atoms with Crippen LogP contribution in [0.1, 0.15) is 61.4 Å². The number of ketones is 1. The Morgan fingerprint density at radius 1 is 1.10 bits per heavy atom. The number of nitrogens with zero attached hydrogens (tertiary/aromatic N) is 2. The highest BCUT2D eigenvalue weighted by Gasteiger charge is 2.24. The van der Waals surface area contributed by atoms with Gasteiger partial charge in [-0.2, -0.15) is 0 Å². The quantitative estimate of drug-likeness (QED) is 0.485. The number of rotatable bonds is 9. The van der Waals surface area contributed by atoms with Crippen molar-refractivity contribution in [3.05, 3.63) is 62.3 Å². The minimum absolute atomic E-state index is 0.0915. The van der Waals surface area contributed by atoms with Crippen molar-refractivity contribution >= 4 is 17.6 Å². The predicted molar refractivity (Wildman–Crippen MR) is 117 cm³/mol. The number of nitrogens with two attached hydrogens (primary N) is 1. The number of nitrogen functional groups attached to an aromatic ring is 1. The summed E-state index contributed by atoms with van der Waals surface area (Å²) in [5, 5.41) is 0. The Labute approximate surface area is 180 Å². The third-order valence-corrected chi connectivity index (χ3v) is 5.84. The molecule has 0 aliphatic heterocycles. The van der Waals surface area contributed by atoms with E-state index in [9.17, 15) is 19.2 Å². The molecule has 0 radical (unpaired) electrons. The lowest BCUT2D eigenvalue weighted by Crippen LogP contribution is -2.44. The number of benzene rings is 1. The van der Waals surface area contributed by atoms with Crippen molar-refractivity contribution in [1.82, 2.24) is 9.13 Å². The lowest BCUT2D eigenvalue weighted by molar-refractivity contribution is -0.142. The molecule has 3 rings (SSSR count). The van der Waals surface area contributed by atoms with Gasteiger partial charge >= 0.3 is 11.7 Å². The number of ether oxygens (including phenoxy) is 1. The van der Waals surface area contributed by atoms with Crippen LogP contribution in [0.2, 0.25) is 0 Å². The van der Waals surface area contributed by atoms with Crippen LogP contribution < -0.4 is 17.0 Å². The van der Waals surface area contributed by atoms with Crippen molar-refractivity contribution in [3.8, 4) is 0 Å². The van der Waals surface area contributed by atoms with Gasteiger partial charge in [0.05, 0.1) is 6.54 Å². The number of hydrogen-bond acceptors (Lipinski definition) is 6. The van der Waals surface area contributed by atoms with Crippen LogP contribution in [0.3, 0.4) is 0 Å². The second kappa shape index (κ2) is 10.2. The molecule has 1 aliphatic rings. The molecule has 31 heavy (non-hydrogen) atoms. The molecular formula is C23H29N3O5. The first-order valence-electron chi connectivity index (χ1n) is 10.8. The minimum Gasteiger partial charge on any atom is -0.457 e. The maximum atomic E-state index is 12.7. The van der Waals surface area contributed by atoms with Crippen LogP contribution in [-0.4, -0.2) is 27.5 Å².